The summed E-state index contributed by atoms with van der Waals surface area (Å²) in [7, 11) is 0. The molecule has 0 saturated carbocycles. The quantitative estimate of drug-likeness (QED) is 0.764. The monoisotopic (exact) mass is 384 g/mol. The Morgan fingerprint density at radius 1 is 1.04 bits per heavy atom. The van der Waals surface area contributed by atoms with Gasteiger partial charge in [-0.15, -0.1) is 0 Å². The average Bonchev–Trinajstić information content (AvgIpc) is 2.90. The highest BCUT2D eigenvalue weighted by Gasteiger charge is 2.22. The molecule has 2 aromatic carbocycles. The summed E-state index contributed by atoms with van der Waals surface area (Å²) >= 11 is 4.73. The number of nitrogens with one attached hydrogen (secondary N) is 1. The molecular weight excluding hydrogens is 372 g/mol. The lowest BCUT2D eigenvalue weighted by molar-refractivity contribution is -0.115. The highest BCUT2D eigenvalue weighted by molar-refractivity contribution is 9.10. The summed E-state index contributed by atoms with van der Waals surface area (Å²) < 4.78 is 0.996. The van der Waals surface area contributed by atoms with Gasteiger partial charge in [-0.1, -0.05) is 58.4 Å². The first kappa shape index (κ1) is 15.8. The Balaban J connectivity index is 1.71. The fourth-order valence-corrected chi connectivity index (χ4v) is 3.00. The number of allylic oxidation sites excluding steroid dienone is 2. The number of hydrogen-bond acceptors (Lipinski definition) is 3. The predicted octanol–water partition coefficient (Wildman–Crippen LogP) is 4.90. The van der Waals surface area contributed by atoms with Gasteiger partial charge in [-0.3, -0.25) is 4.79 Å². The Bertz CT molecular complexity index is 796. The first-order valence-corrected chi connectivity index (χ1v) is 8.58. The minimum Gasteiger partial charge on any atom is -0.300 e. The predicted molar refractivity (Wildman–Crippen MR) is 101 cm³/mol. The van der Waals surface area contributed by atoms with Crippen LogP contribution in [0.15, 0.2) is 81.1 Å². The first-order valence-electron chi connectivity index (χ1n) is 6.97. The number of halogens is 1. The number of thioether (sulfide) groups is 1. The number of carbonyl (C=O) groups excluding carboxylic acids is 1. The van der Waals surface area contributed by atoms with Crippen molar-refractivity contribution in [2.75, 3.05) is 0 Å². The second kappa shape index (κ2) is 7.44. The molecule has 3 rings (SSSR count). The standard InChI is InChI=1S/C18H13BrN2OS/c19-14-9-11-15(12-10-14)20-18-21-17(22)16(23-18)8-4-7-13-5-2-1-3-6-13/h1-12H,(H,20,21,22)/b7-4+,16-8-. The summed E-state index contributed by atoms with van der Waals surface area (Å²) in [6, 6.07) is 17.6. The van der Waals surface area contributed by atoms with Gasteiger partial charge in [-0.25, -0.2) is 4.99 Å². The largest absolute Gasteiger partial charge is 0.300 e. The number of hydrogen-bond donors (Lipinski definition) is 1. The normalized spacial score (nSPS) is 18.0. The lowest BCUT2D eigenvalue weighted by atomic mass is 10.2. The van der Waals surface area contributed by atoms with E-state index in [0.717, 1.165) is 15.7 Å². The van der Waals surface area contributed by atoms with Gasteiger partial charge in [-0.05, 0) is 47.7 Å². The van der Waals surface area contributed by atoms with Crippen molar-refractivity contribution < 1.29 is 4.79 Å². The molecule has 0 atom stereocenters. The Morgan fingerprint density at radius 2 is 1.78 bits per heavy atom. The first-order chi connectivity index (χ1) is 11.2. The highest BCUT2D eigenvalue weighted by atomic mass is 79.9. The van der Waals surface area contributed by atoms with Gasteiger partial charge in [0.15, 0.2) is 5.17 Å². The van der Waals surface area contributed by atoms with E-state index in [-0.39, 0.29) is 5.91 Å². The topological polar surface area (TPSA) is 41.5 Å². The van der Waals surface area contributed by atoms with Crippen LogP contribution in [0, 0.1) is 0 Å². The molecule has 1 heterocycles. The number of nitrogens with zero attached hydrogens (tertiary/aromatic N) is 1. The second-order valence-electron chi connectivity index (χ2n) is 4.75. The van der Waals surface area contributed by atoms with Crippen molar-refractivity contribution in [3.63, 3.8) is 0 Å². The number of aliphatic imine (C=N–C) groups is 1. The Hall–Kier alpha value is -2.11. The van der Waals surface area contributed by atoms with E-state index in [1.54, 1.807) is 6.08 Å². The lowest BCUT2D eigenvalue weighted by Crippen LogP contribution is -2.19. The van der Waals surface area contributed by atoms with Crippen LogP contribution in [0.2, 0.25) is 0 Å². The van der Waals surface area contributed by atoms with Crippen LogP contribution in [0.25, 0.3) is 6.08 Å². The van der Waals surface area contributed by atoms with Crippen LogP contribution in [0.4, 0.5) is 5.69 Å². The van der Waals surface area contributed by atoms with Crippen molar-refractivity contribution in [2.45, 2.75) is 0 Å². The third kappa shape index (κ3) is 4.43. The molecule has 0 spiro atoms. The van der Waals surface area contributed by atoms with E-state index in [0.29, 0.717) is 10.1 Å². The van der Waals surface area contributed by atoms with Crippen LogP contribution >= 0.6 is 27.7 Å². The average molecular weight is 385 g/mol. The maximum absolute atomic E-state index is 11.9. The van der Waals surface area contributed by atoms with E-state index in [1.807, 2.05) is 66.7 Å². The number of rotatable bonds is 3. The molecule has 1 saturated heterocycles. The summed E-state index contributed by atoms with van der Waals surface area (Å²) in [6.45, 7) is 0. The van der Waals surface area contributed by atoms with E-state index in [4.69, 9.17) is 0 Å². The highest BCUT2D eigenvalue weighted by Crippen LogP contribution is 2.26. The number of benzene rings is 2. The van der Waals surface area contributed by atoms with Gasteiger partial charge < -0.3 is 5.32 Å². The third-order valence-corrected chi connectivity index (χ3v) is 4.50. The minimum absolute atomic E-state index is 0.122. The maximum Gasteiger partial charge on any atom is 0.264 e. The summed E-state index contributed by atoms with van der Waals surface area (Å²) in [4.78, 5) is 17.0. The maximum atomic E-state index is 11.9. The molecular formula is C18H13BrN2OS. The Labute approximate surface area is 147 Å². The molecule has 0 aliphatic carbocycles. The van der Waals surface area contributed by atoms with Crippen molar-refractivity contribution in [1.29, 1.82) is 0 Å². The number of carbonyl (C=O) groups is 1. The molecule has 0 radical (unpaired) electrons. The molecule has 1 amide bonds. The van der Waals surface area contributed by atoms with Gasteiger partial charge in [0.1, 0.15) is 0 Å². The van der Waals surface area contributed by atoms with E-state index in [9.17, 15) is 4.79 Å². The van der Waals surface area contributed by atoms with E-state index in [2.05, 4.69) is 26.2 Å². The molecule has 1 N–H and O–H groups in total. The van der Waals surface area contributed by atoms with Crippen molar-refractivity contribution in [3.8, 4) is 0 Å². The number of amidine groups is 1. The van der Waals surface area contributed by atoms with Crippen molar-refractivity contribution >= 4 is 50.5 Å². The molecule has 0 aromatic heterocycles. The summed E-state index contributed by atoms with van der Waals surface area (Å²) in [6.07, 6.45) is 5.64. The molecule has 2 aromatic rings. The fourth-order valence-electron chi connectivity index (χ4n) is 1.94. The van der Waals surface area contributed by atoms with E-state index in [1.165, 1.54) is 11.8 Å². The molecule has 0 bridgehead atoms. The molecule has 3 nitrogen and oxygen atoms in total. The summed E-state index contributed by atoms with van der Waals surface area (Å²) in [5.41, 5.74) is 1.90. The molecule has 23 heavy (non-hydrogen) atoms. The Kier molecular flexibility index (Phi) is 5.10. The molecule has 1 aliphatic rings. The molecule has 0 unspecified atom stereocenters. The van der Waals surface area contributed by atoms with Crippen LogP contribution in [-0.4, -0.2) is 11.1 Å². The van der Waals surface area contributed by atoms with Gasteiger partial charge in [0, 0.05) is 4.47 Å². The SMILES string of the molecule is O=C1NC(=Nc2ccc(Br)cc2)S/C1=C\C=C\c1ccccc1. The Morgan fingerprint density at radius 3 is 2.52 bits per heavy atom. The fraction of sp³-hybridized carbons (Fsp3) is 0. The molecule has 1 fully saturated rings. The molecule has 114 valence electrons. The van der Waals surface area contributed by atoms with Gasteiger partial charge in [0.2, 0.25) is 0 Å². The van der Waals surface area contributed by atoms with Crippen LogP contribution in [-0.2, 0) is 4.79 Å². The van der Waals surface area contributed by atoms with Crippen molar-refractivity contribution in [3.05, 3.63) is 81.7 Å². The smallest absolute Gasteiger partial charge is 0.264 e. The van der Waals surface area contributed by atoms with Gasteiger partial charge >= 0.3 is 0 Å². The van der Waals surface area contributed by atoms with Gasteiger partial charge in [0.05, 0.1) is 10.6 Å². The van der Waals surface area contributed by atoms with Gasteiger partial charge in [-0.2, -0.15) is 0 Å². The summed E-state index contributed by atoms with van der Waals surface area (Å²) in [5.74, 6) is -0.122. The minimum atomic E-state index is -0.122. The summed E-state index contributed by atoms with van der Waals surface area (Å²) in [5, 5.41) is 3.37. The van der Waals surface area contributed by atoms with Crippen LogP contribution in [0.3, 0.4) is 0 Å². The van der Waals surface area contributed by atoms with Gasteiger partial charge in [0.25, 0.3) is 5.91 Å². The van der Waals surface area contributed by atoms with Crippen LogP contribution in [0.5, 0.6) is 0 Å². The zero-order valence-electron chi connectivity index (χ0n) is 12.1. The number of amides is 1. The zero-order valence-corrected chi connectivity index (χ0v) is 14.5. The lowest BCUT2D eigenvalue weighted by Gasteiger charge is -1.96. The molecule has 1 aliphatic heterocycles. The van der Waals surface area contributed by atoms with E-state index >= 15 is 0 Å². The van der Waals surface area contributed by atoms with Crippen molar-refractivity contribution in [1.82, 2.24) is 5.32 Å². The van der Waals surface area contributed by atoms with Crippen LogP contribution < -0.4 is 5.32 Å². The third-order valence-electron chi connectivity index (χ3n) is 3.04. The second-order valence-corrected chi connectivity index (χ2v) is 6.70. The van der Waals surface area contributed by atoms with Crippen LogP contribution in [0.1, 0.15) is 5.56 Å². The zero-order chi connectivity index (χ0) is 16.1. The van der Waals surface area contributed by atoms with E-state index < -0.39 is 0 Å². The molecule has 5 heteroatoms. The van der Waals surface area contributed by atoms with Crippen molar-refractivity contribution in [2.24, 2.45) is 4.99 Å².